The minimum absolute atomic E-state index is 0.219. The van der Waals surface area contributed by atoms with E-state index < -0.39 is 5.60 Å². The smallest absolute Gasteiger partial charge is 0.188 e. The lowest BCUT2D eigenvalue weighted by Gasteiger charge is -2.40. The van der Waals surface area contributed by atoms with Crippen LogP contribution in [0.1, 0.15) is 58.8 Å². The monoisotopic (exact) mass is 267 g/mol. The predicted octanol–water partition coefficient (Wildman–Crippen LogP) is 2.02. The van der Waals surface area contributed by atoms with Gasteiger partial charge < -0.3 is 16.2 Å². The maximum absolute atomic E-state index is 10.6. The molecule has 4 nitrogen and oxygen atoms in total. The largest absolute Gasteiger partial charge is 0.388 e. The van der Waals surface area contributed by atoms with Gasteiger partial charge in [-0.25, -0.2) is 0 Å². The zero-order valence-corrected chi connectivity index (χ0v) is 12.4. The highest BCUT2D eigenvalue weighted by atomic mass is 16.3. The van der Waals surface area contributed by atoms with Crippen LogP contribution in [0.3, 0.4) is 0 Å². The molecule has 4 N–H and O–H groups in total. The molecule has 110 valence electrons. The van der Waals surface area contributed by atoms with Gasteiger partial charge in [0, 0.05) is 6.54 Å². The van der Waals surface area contributed by atoms with E-state index in [0.29, 0.717) is 12.5 Å². The molecule has 2 saturated carbocycles. The van der Waals surface area contributed by atoms with Gasteiger partial charge in [-0.05, 0) is 49.9 Å². The van der Waals surface area contributed by atoms with E-state index in [0.717, 1.165) is 31.7 Å². The highest BCUT2D eigenvalue weighted by Gasteiger charge is 2.38. The summed E-state index contributed by atoms with van der Waals surface area (Å²) < 4.78 is 0. The molecule has 0 aromatic carbocycles. The van der Waals surface area contributed by atoms with Crippen LogP contribution in [0.4, 0.5) is 0 Å². The zero-order chi connectivity index (χ0) is 13.9. The summed E-state index contributed by atoms with van der Waals surface area (Å²) in [6.45, 7) is 5.80. The summed E-state index contributed by atoms with van der Waals surface area (Å²) >= 11 is 0. The molecule has 2 fully saturated rings. The van der Waals surface area contributed by atoms with Gasteiger partial charge in [0.15, 0.2) is 5.96 Å². The molecule has 0 aromatic heterocycles. The molecule has 2 aliphatic carbocycles. The standard InChI is InChI=1S/C15H29N3O/c1-14(2)7-4-8-15(19,10-14)11-18-13(16)17-9-12-5-3-6-12/h12,19H,3-11H2,1-2H3,(H3,16,17,18). The van der Waals surface area contributed by atoms with E-state index >= 15 is 0 Å². The van der Waals surface area contributed by atoms with E-state index in [2.05, 4.69) is 24.2 Å². The molecule has 0 saturated heterocycles. The molecular formula is C15H29N3O. The third-order valence-corrected chi connectivity index (χ3v) is 4.64. The van der Waals surface area contributed by atoms with E-state index in [1.165, 1.54) is 25.7 Å². The molecule has 0 aromatic rings. The number of hydrogen-bond donors (Lipinski definition) is 3. The molecule has 2 rings (SSSR count). The first-order valence-electron chi connectivity index (χ1n) is 7.65. The highest BCUT2D eigenvalue weighted by molar-refractivity contribution is 5.77. The molecule has 1 atom stereocenters. The molecule has 0 radical (unpaired) electrons. The van der Waals surface area contributed by atoms with Crippen LogP contribution in [0.5, 0.6) is 0 Å². The maximum Gasteiger partial charge on any atom is 0.188 e. The second-order valence-electron chi connectivity index (χ2n) is 7.30. The van der Waals surface area contributed by atoms with Crippen molar-refractivity contribution in [3.63, 3.8) is 0 Å². The summed E-state index contributed by atoms with van der Waals surface area (Å²) in [7, 11) is 0. The van der Waals surface area contributed by atoms with Gasteiger partial charge in [-0.15, -0.1) is 0 Å². The molecule has 19 heavy (non-hydrogen) atoms. The molecule has 1 unspecified atom stereocenters. The highest BCUT2D eigenvalue weighted by Crippen LogP contribution is 2.40. The van der Waals surface area contributed by atoms with Gasteiger partial charge >= 0.3 is 0 Å². The quantitative estimate of drug-likeness (QED) is 0.539. The van der Waals surface area contributed by atoms with Crippen molar-refractivity contribution in [2.75, 3.05) is 13.1 Å². The lowest BCUT2D eigenvalue weighted by molar-refractivity contribution is -0.0307. The summed E-state index contributed by atoms with van der Waals surface area (Å²) in [6.07, 6.45) is 7.88. The fourth-order valence-electron chi connectivity index (χ4n) is 3.33. The minimum atomic E-state index is -0.662. The van der Waals surface area contributed by atoms with Crippen LogP contribution in [0, 0.1) is 11.3 Å². The van der Waals surface area contributed by atoms with Gasteiger partial charge in [0.1, 0.15) is 0 Å². The topological polar surface area (TPSA) is 70.6 Å². The van der Waals surface area contributed by atoms with Crippen molar-refractivity contribution in [3.8, 4) is 0 Å². The van der Waals surface area contributed by atoms with Crippen molar-refractivity contribution in [2.45, 2.75) is 64.4 Å². The van der Waals surface area contributed by atoms with Crippen LogP contribution in [0.2, 0.25) is 0 Å². The number of nitrogens with zero attached hydrogens (tertiary/aromatic N) is 1. The Hall–Kier alpha value is -0.770. The van der Waals surface area contributed by atoms with Gasteiger partial charge in [0.05, 0.1) is 12.1 Å². The van der Waals surface area contributed by atoms with E-state index in [9.17, 15) is 5.11 Å². The minimum Gasteiger partial charge on any atom is -0.388 e. The molecule has 0 aliphatic heterocycles. The van der Waals surface area contributed by atoms with E-state index in [4.69, 9.17) is 5.73 Å². The fourth-order valence-corrected chi connectivity index (χ4v) is 3.33. The van der Waals surface area contributed by atoms with E-state index in [-0.39, 0.29) is 5.41 Å². The van der Waals surface area contributed by atoms with Crippen LogP contribution in [0.15, 0.2) is 4.99 Å². The van der Waals surface area contributed by atoms with Crippen molar-refractivity contribution in [2.24, 2.45) is 22.1 Å². The first-order valence-corrected chi connectivity index (χ1v) is 7.65. The van der Waals surface area contributed by atoms with E-state index in [1.54, 1.807) is 0 Å². The number of nitrogens with two attached hydrogens (primary N) is 1. The molecular weight excluding hydrogens is 238 g/mol. The van der Waals surface area contributed by atoms with Crippen LogP contribution in [-0.4, -0.2) is 29.8 Å². The van der Waals surface area contributed by atoms with Crippen molar-refractivity contribution >= 4 is 5.96 Å². The Balaban J connectivity index is 1.78. The van der Waals surface area contributed by atoms with Crippen LogP contribution < -0.4 is 11.1 Å². The van der Waals surface area contributed by atoms with Crippen molar-refractivity contribution in [1.82, 2.24) is 5.32 Å². The summed E-state index contributed by atoms with van der Waals surface area (Å²) in [5.41, 5.74) is 5.43. The van der Waals surface area contributed by atoms with Crippen LogP contribution in [0.25, 0.3) is 0 Å². The maximum atomic E-state index is 10.6. The van der Waals surface area contributed by atoms with Crippen molar-refractivity contribution in [3.05, 3.63) is 0 Å². The number of aliphatic imine (C=N–C) groups is 1. The number of nitrogens with one attached hydrogen (secondary N) is 1. The third kappa shape index (κ3) is 4.37. The van der Waals surface area contributed by atoms with Gasteiger partial charge in [-0.1, -0.05) is 20.3 Å². The number of rotatable bonds is 4. The lowest BCUT2D eigenvalue weighted by Crippen LogP contribution is -2.43. The average molecular weight is 267 g/mol. The average Bonchev–Trinajstić information content (AvgIpc) is 2.22. The lowest BCUT2D eigenvalue weighted by atomic mass is 9.70. The first-order chi connectivity index (χ1) is 8.89. The summed E-state index contributed by atoms with van der Waals surface area (Å²) in [6, 6.07) is 0. The summed E-state index contributed by atoms with van der Waals surface area (Å²) in [5, 5.41) is 13.8. The molecule has 2 aliphatic rings. The van der Waals surface area contributed by atoms with Gasteiger partial charge in [0.25, 0.3) is 0 Å². The predicted molar refractivity (Wildman–Crippen MR) is 79.0 cm³/mol. The third-order valence-electron chi connectivity index (χ3n) is 4.64. The SMILES string of the molecule is CC1(C)CCCC(O)(CN=C(N)NCC2CCC2)C1. The van der Waals surface area contributed by atoms with Crippen molar-refractivity contribution < 1.29 is 5.11 Å². The number of hydrogen-bond acceptors (Lipinski definition) is 2. The Bertz CT molecular complexity index is 336. The first kappa shape index (κ1) is 14.6. The van der Waals surface area contributed by atoms with Gasteiger partial charge in [0.2, 0.25) is 0 Å². The molecule has 0 heterocycles. The van der Waals surface area contributed by atoms with Crippen LogP contribution in [-0.2, 0) is 0 Å². The Morgan fingerprint density at radius 1 is 1.32 bits per heavy atom. The van der Waals surface area contributed by atoms with Gasteiger partial charge in [-0.3, -0.25) is 4.99 Å². The Labute approximate surface area is 116 Å². The second kappa shape index (κ2) is 5.70. The Morgan fingerprint density at radius 2 is 2.05 bits per heavy atom. The Morgan fingerprint density at radius 3 is 2.63 bits per heavy atom. The molecule has 0 spiro atoms. The molecule has 0 amide bonds. The summed E-state index contributed by atoms with van der Waals surface area (Å²) in [5.74, 6) is 1.26. The van der Waals surface area contributed by atoms with E-state index in [1.807, 2.05) is 0 Å². The van der Waals surface area contributed by atoms with Crippen molar-refractivity contribution in [1.29, 1.82) is 0 Å². The fraction of sp³-hybridized carbons (Fsp3) is 0.933. The molecule has 4 heteroatoms. The number of guanidine groups is 1. The van der Waals surface area contributed by atoms with Crippen LogP contribution >= 0.6 is 0 Å². The number of aliphatic hydroxyl groups is 1. The molecule has 0 bridgehead atoms. The summed E-state index contributed by atoms with van der Waals surface area (Å²) in [4.78, 5) is 4.35. The Kier molecular flexibility index (Phi) is 4.39. The second-order valence-corrected chi connectivity index (χ2v) is 7.30. The zero-order valence-electron chi connectivity index (χ0n) is 12.4. The van der Waals surface area contributed by atoms with Gasteiger partial charge in [-0.2, -0.15) is 0 Å². The normalized spacial score (nSPS) is 31.8.